The summed E-state index contributed by atoms with van der Waals surface area (Å²) in [5, 5.41) is 0. The molecule has 0 amide bonds. The molecule has 0 radical (unpaired) electrons. The number of rotatable bonds is 2. The number of nitrogens with zero attached hydrogens (tertiary/aromatic N) is 2. The molecule has 17 heavy (non-hydrogen) atoms. The van der Waals surface area contributed by atoms with Gasteiger partial charge in [0.05, 0.1) is 5.52 Å². The standard InChI is InChI=1S/C12H15F2N3/c1-12(2,6-15)11-16-9-5-7(13)4-8(14)10(9)17(11)3/h4-5H,6,15H2,1-3H3. The number of nitrogens with two attached hydrogens (primary N) is 1. The van der Waals surface area contributed by atoms with Crippen LogP contribution in [-0.4, -0.2) is 16.1 Å². The van der Waals surface area contributed by atoms with Crippen molar-refractivity contribution in [1.82, 2.24) is 9.55 Å². The summed E-state index contributed by atoms with van der Waals surface area (Å²) >= 11 is 0. The average molecular weight is 239 g/mol. The van der Waals surface area contributed by atoms with Crippen LogP contribution in [0.4, 0.5) is 8.78 Å². The zero-order valence-corrected chi connectivity index (χ0v) is 10.1. The molecule has 2 N–H and O–H groups in total. The maximum atomic E-state index is 13.7. The van der Waals surface area contributed by atoms with Crippen molar-refractivity contribution >= 4 is 11.0 Å². The first-order valence-corrected chi connectivity index (χ1v) is 5.39. The van der Waals surface area contributed by atoms with Gasteiger partial charge in [-0.05, 0) is 0 Å². The van der Waals surface area contributed by atoms with Gasteiger partial charge in [0, 0.05) is 31.1 Å². The van der Waals surface area contributed by atoms with Crippen LogP contribution >= 0.6 is 0 Å². The molecule has 0 unspecified atom stereocenters. The lowest BCUT2D eigenvalue weighted by Crippen LogP contribution is -2.31. The normalized spacial score (nSPS) is 12.4. The maximum absolute atomic E-state index is 13.7. The van der Waals surface area contributed by atoms with Gasteiger partial charge in [0.15, 0.2) is 5.82 Å². The van der Waals surface area contributed by atoms with Crippen LogP contribution < -0.4 is 5.73 Å². The molecule has 0 aliphatic carbocycles. The molecule has 0 aliphatic heterocycles. The van der Waals surface area contributed by atoms with Crippen LogP contribution in [0.2, 0.25) is 0 Å². The van der Waals surface area contributed by atoms with Crippen LogP contribution in [0.25, 0.3) is 11.0 Å². The lowest BCUT2D eigenvalue weighted by atomic mass is 9.93. The van der Waals surface area contributed by atoms with Crippen molar-refractivity contribution in [3.63, 3.8) is 0 Å². The second kappa shape index (κ2) is 3.77. The molecule has 2 rings (SSSR count). The SMILES string of the molecule is Cn1c(C(C)(C)CN)nc2cc(F)cc(F)c21. The van der Waals surface area contributed by atoms with E-state index in [0.717, 1.165) is 6.07 Å². The Kier molecular flexibility index (Phi) is 2.66. The highest BCUT2D eigenvalue weighted by molar-refractivity contribution is 5.77. The number of aryl methyl sites for hydroxylation is 1. The zero-order valence-electron chi connectivity index (χ0n) is 10.1. The van der Waals surface area contributed by atoms with Gasteiger partial charge in [0.1, 0.15) is 17.2 Å². The van der Waals surface area contributed by atoms with Crippen LogP contribution in [0.3, 0.4) is 0 Å². The zero-order chi connectivity index (χ0) is 12.8. The monoisotopic (exact) mass is 239 g/mol. The molecular weight excluding hydrogens is 224 g/mol. The highest BCUT2D eigenvalue weighted by atomic mass is 19.1. The topological polar surface area (TPSA) is 43.8 Å². The molecule has 1 aromatic heterocycles. The third kappa shape index (κ3) is 1.80. The van der Waals surface area contributed by atoms with Crippen molar-refractivity contribution in [2.45, 2.75) is 19.3 Å². The van der Waals surface area contributed by atoms with E-state index in [1.165, 1.54) is 6.07 Å². The first-order chi connectivity index (χ1) is 7.86. The highest BCUT2D eigenvalue weighted by Gasteiger charge is 2.26. The summed E-state index contributed by atoms with van der Waals surface area (Å²) in [4.78, 5) is 4.28. The quantitative estimate of drug-likeness (QED) is 0.872. The summed E-state index contributed by atoms with van der Waals surface area (Å²) in [5.41, 5.74) is 5.93. The smallest absolute Gasteiger partial charge is 0.152 e. The Labute approximate surface area is 98.2 Å². The minimum Gasteiger partial charge on any atom is -0.329 e. The van der Waals surface area contributed by atoms with E-state index < -0.39 is 11.6 Å². The average Bonchev–Trinajstić information content (AvgIpc) is 2.56. The number of imidazole rings is 1. The molecule has 5 heteroatoms. The fourth-order valence-electron chi connectivity index (χ4n) is 1.96. The molecule has 1 aromatic carbocycles. The van der Waals surface area contributed by atoms with Crippen molar-refractivity contribution in [2.75, 3.05) is 6.54 Å². The van der Waals surface area contributed by atoms with Crippen molar-refractivity contribution in [3.8, 4) is 0 Å². The van der Waals surface area contributed by atoms with Crippen LogP contribution in [-0.2, 0) is 12.5 Å². The lowest BCUT2D eigenvalue weighted by molar-refractivity contribution is 0.486. The Morgan fingerprint density at radius 3 is 2.59 bits per heavy atom. The Morgan fingerprint density at radius 2 is 2.00 bits per heavy atom. The molecule has 0 atom stereocenters. The second-order valence-corrected chi connectivity index (χ2v) is 4.84. The van der Waals surface area contributed by atoms with E-state index in [1.807, 2.05) is 13.8 Å². The van der Waals surface area contributed by atoms with E-state index in [1.54, 1.807) is 11.6 Å². The summed E-state index contributed by atoms with van der Waals surface area (Å²) in [5.74, 6) is -0.571. The Bertz CT molecular complexity index is 573. The van der Waals surface area contributed by atoms with Gasteiger partial charge >= 0.3 is 0 Å². The summed E-state index contributed by atoms with van der Waals surface area (Å²) < 4.78 is 28.4. The first-order valence-electron chi connectivity index (χ1n) is 5.39. The number of benzene rings is 1. The fraction of sp³-hybridized carbons (Fsp3) is 0.417. The summed E-state index contributed by atoms with van der Waals surface area (Å²) in [7, 11) is 1.71. The third-order valence-corrected chi connectivity index (χ3v) is 3.00. The van der Waals surface area contributed by atoms with Crippen molar-refractivity contribution < 1.29 is 8.78 Å². The predicted molar refractivity (Wildman–Crippen MR) is 62.7 cm³/mol. The largest absolute Gasteiger partial charge is 0.329 e. The molecular formula is C12H15F2N3. The van der Waals surface area contributed by atoms with Gasteiger partial charge in [-0.2, -0.15) is 0 Å². The highest BCUT2D eigenvalue weighted by Crippen LogP contribution is 2.27. The first kappa shape index (κ1) is 12.0. The van der Waals surface area contributed by atoms with Gasteiger partial charge < -0.3 is 10.3 Å². The second-order valence-electron chi connectivity index (χ2n) is 4.84. The molecule has 3 nitrogen and oxygen atoms in total. The molecule has 92 valence electrons. The number of hydrogen-bond acceptors (Lipinski definition) is 2. The molecule has 0 fully saturated rings. The van der Waals surface area contributed by atoms with Gasteiger partial charge in [0.2, 0.25) is 0 Å². The lowest BCUT2D eigenvalue weighted by Gasteiger charge is -2.21. The number of aromatic nitrogens is 2. The number of fused-ring (bicyclic) bond motifs is 1. The third-order valence-electron chi connectivity index (χ3n) is 3.00. The maximum Gasteiger partial charge on any atom is 0.152 e. The van der Waals surface area contributed by atoms with Crippen molar-refractivity contribution in [2.24, 2.45) is 12.8 Å². The van der Waals surface area contributed by atoms with E-state index in [2.05, 4.69) is 4.98 Å². The van der Waals surface area contributed by atoms with Crippen LogP contribution in [0.15, 0.2) is 12.1 Å². The molecule has 1 heterocycles. The fourth-order valence-corrected chi connectivity index (χ4v) is 1.96. The predicted octanol–water partition coefficient (Wildman–Crippen LogP) is 2.09. The molecule has 0 saturated carbocycles. The number of halogens is 2. The van der Waals surface area contributed by atoms with Crippen molar-refractivity contribution in [1.29, 1.82) is 0 Å². The van der Waals surface area contributed by atoms with Gasteiger partial charge in [-0.15, -0.1) is 0 Å². The molecule has 2 aromatic rings. The minimum absolute atomic E-state index is 0.308. The van der Waals surface area contributed by atoms with E-state index in [-0.39, 0.29) is 5.41 Å². The van der Waals surface area contributed by atoms with Crippen molar-refractivity contribution in [3.05, 3.63) is 29.6 Å². The Balaban J connectivity index is 2.78. The van der Waals surface area contributed by atoms with E-state index >= 15 is 0 Å². The van der Waals surface area contributed by atoms with Crippen LogP contribution in [0.5, 0.6) is 0 Å². The van der Waals surface area contributed by atoms with Crippen LogP contribution in [0, 0.1) is 11.6 Å². The minimum atomic E-state index is -0.620. The summed E-state index contributed by atoms with van der Waals surface area (Å²) in [6.07, 6.45) is 0. The van der Waals surface area contributed by atoms with Gasteiger partial charge in [0.25, 0.3) is 0 Å². The molecule has 0 spiro atoms. The Hall–Kier alpha value is -1.49. The van der Waals surface area contributed by atoms with E-state index in [9.17, 15) is 8.78 Å². The molecule has 0 aliphatic rings. The van der Waals surface area contributed by atoms with Gasteiger partial charge in [-0.3, -0.25) is 0 Å². The Morgan fingerprint density at radius 1 is 1.35 bits per heavy atom. The molecule has 0 bridgehead atoms. The molecule has 0 saturated heterocycles. The van der Waals surface area contributed by atoms with Gasteiger partial charge in [-0.25, -0.2) is 13.8 Å². The van der Waals surface area contributed by atoms with E-state index in [0.29, 0.717) is 23.4 Å². The van der Waals surface area contributed by atoms with Gasteiger partial charge in [-0.1, -0.05) is 13.8 Å². The summed E-state index contributed by atoms with van der Waals surface area (Å²) in [6, 6.07) is 2.09. The van der Waals surface area contributed by atoms with Crippen LogP contribution in [0.1, 0.15) is 19.7 Å². The number of hydrogen-bond donors (Lipinski definition) is 1. The summed E-state index contributed by atoms with van der Waals surface area (Å²) in [6.45, 7) is 4.22. The van der Waals surface area contributed by atoms with E-state index in [4.69, 9.17) is 5.73 Å².